The number of likely N-dealkylation sites (tertiary alicyclic amines) is 1. The molecule has 2 N–H and O–H groups in total. The summed E-state index contributed by atoms with van der Waals surface area (Å²) in [6, 6.07) is 7.95. The lowest BCUT2D eigenvalue weighted by Crippen LogP contribution is -2.38. The van der Waals surface area contributed by atoms with E-state index in [1.807, 2.05) is 37.3 Å². The minimum absolute atomic E-state index is 0.0650. The summed E-state index contributed by atoms with van der Waals surface area (Å²) in [5, 5.41) is 19.1. The van der Waals surface area contributed by atoms with Crippen molar-refractivity contribution in [2.75, 3.05) is 6.54 Å². The molecule has 0 aromatic heterocycles. The third-order valence-corrected chi connectivity index (χ3v) is 5.17. The van der Waals surface area contributed by atoms with Crippen LogP contribution in [0.1, 0.15) is 56.1 Å². The molecule has 5 nitrogen and oxygen atoms in total. The summed E-state index contributed by atoms with van der Waals surface area (Å²) in [7, 11) is 0. The van der Waals surface area contributed by atoms with Crippen LogP contribution in [0.2, 0.25) is 0 Å². The number of carbonyl (C=O) groups is 2. The summed E-state index contributed by atoms with van der Waals surface area (Å²) < 4.78 is 0. The number of carboxylic acid groups (broad SMARTS) is 1. The Labute approximate surface area is 173 Å². The molecule has 1 aliphatic rings. The predicted octanol–water partition coefficient (Wildman–Crippen LogP) is 3.48. The summed E-state index contributed by atoms with van der Waals surface area (Å²) in [5.41, 5.74) is 2.27. The molecule has 0 spiro atoms. The fourth-order valence-electron chi connectivity index (χ4n) is 3.47. The third kappa shape index (κ3) is 8.13. The normalized spacial score (nSPS) is 18.2. The van der Waals surface area contributed by atoms with E-state index in [2.05, 4.69) is 11.8 Å². The summed E-state index contributed by atoms with van der Waals surface area (Å²) >= 11 is 0. The molecular formula is C24H31NO4. The molecule has 1 amide bonds. The Hall–Kier alpha value is -2.58. The van der Waals surface area contributed by atoms with Gasteiger partial charge in [-0.2, -0.15) is 0 Å². The monoisotopic (exact) mass is 397 g/mol. The van der Waals surface area contributed by atoms with Gasteiger partial charge in [0.1, 0.15) is 0 Å². The average molecular weight is 398 g/mol. The van der Waals surface area contributed by atoms with Gasteiger partial charge in [0.05, 0.1) is 18.7 Å². The van der Waals surface area contributed by atoms with Crippen molar-refractivity contribution >= 4 is 11.9 Å². The standard InChI is InChI=1S/C24H31NO4/c1-19-10-5-6-11-20(19)18-22(26)16-15-21-12-7-8-13-23(27)25(21)17-9-3-2-4-14-24(28)29/h5-6,10-11,15-16,21-22,26H,2,4,7-8,12-14,17-18H2,1H3,(H,28,29)/t21-,22?/m1/s1. The van der Waals surface area contributed by atoms with Crippen molar-refractivity contribution in [3.05, 3.63) is 47.5 Å². The van der Waals surface area contributed by atoms with Crippen LogP contribution in [0.5, 0.6) is 0 Å². The second-order valence-corrected chi connectivity index (χ2v) is 7.52. The molecule has 1 saturated heterocycles. The van der Waals surface area contributed by atoms with E-state index in [-0.39, 0.29) is 18.4 Å². The molecule has 2 rings (SSSR count). The van der Waals surface area contributed by atoms with E-state index in [1.165, 1.54) is 0 Å². The first-order chi connectivity index (χ1) is 14.0. The zero-order chi connectivity index (χ0) is 21.1. The first-order valence-corrected chi connectivity index (χ1v) is 10.3. The second-order valence-electron chi connectivity index (χ2n) is 7.52. The number of benzene rings is 1. The number of aliphatic carboxylic acids is 1. The molecular weight excluding hydrogens is 366 g/mol. The van der Waals surface area contributed by atoms with Gasteiger partial charge in [-0.15, -0.1) is 5.92 Å². The van der Waals surface area contributed by atoms with Gasteiger partial charge < -0.3 is 15.1 Å². The number of aryl methyl sites for hydroxylation is 1. The molecule has 29 heavy (non-hydrogen) atoms. The molecule has 2 atom stereocenters. The fraction of sp³-hybridized carbons (Fsp3) is 0.500. The number of hydrogen-bond acceptors (Lipinski definition) is 3. The van der Waals surface area contributed by atoms with Crippen LogP contribution in [0.15, 0.2) is 36.4 Å². The van der Waals surface area contributed by atoms with Crippen LogP contribution in [0.25, 0.3) is 0 Å². The average Bonchev–Trinajstić information content (AvgIpc) is 2.86. The van der Waals surface area contributed by atoms with E-state index in [0.29, 0.717) is 32.2 Å². The van der Waals surface area contributed by atoms with Crippen LogP contribution in [0.4, 0.5) is 0 Å². The lowest BCUT2D eigenvalue weighted by atomic mass is 10.0. The minimum atomic E-state index is -0.816. The second kappa shape index (κ2) is 12.1. The Morgan fingerprint density at radius 3 is 2.86 bits per heavy atom. The Kier molecular flexibility index (Phi) is 9.46. The van der Waals surface area contributed by atoms with Crippen LogP contribution in [0, 0.1) is 18.8 Å². The van der Waals surface area contributed by atoms with Gasteiger partial charge in [-0.3, -0.25) is 9.59 Å². The Morgan fingerprint density at radius 1 is 1.31 bits per heavy atom. The summed E-state index contributed by atoms with van der Waals surface area (Å²) in [5.74, 6) is 5.26. The van der Waals surface area contributed by atoms with Crippen LogP contribution in [0.3, 0.4) is 0 Å². The molecule has 156 valence electrons. The molecule has 0 saturated carbocycles. The highest BCUT2D eigenvalue weighted by molar-refractivity contribution is 5.77. The lowest BCUT2D eigenvalue weighted by molar-refractivity contribution is -0.137. The number of carbonyl (C=O) groups excluding carboxylic acids is 1. The molecule has 1 heterocycles. The van der Waals surface area contributed by atoms with E-state index < -0.39 is 12.1 Å². The smallest absolute Gasteiger partial charge is 0.303 e. The number of nitrogens with zero attached hydrogens (tertiary/aromatic N) is 1. The van der Waals surface area contributed by atoms with Gasteiger partial charge in [-0.25, -0.2) is 0 Å². The number of aliphatic hydroxyl groups excluding tert-OH is 1. The number of aliphatic hydroxyl groups is 1. The van der Waals surface area contributed by atoms with Gasteiger partial charge in [-0.05, 0) is 37.3 Å². The van der Waals surface area contributed by atoms with Crippen molar-refractivity contribution in [1.82, 2.24) is 4.90 Å². The molecule has 1 aliphatic heterocycles. The van der Waals surface area contributed by atoms with Crippen molar-refractivity contribution in [1.29, 1.82) is 0 Å². The molecule has 1 aromatic rings. The van der Waals surface area contributed by atoms with Crippen molar-refractivity contribution in [2.45, 2.75) is 70.4 Å². The van der Waals surface area contributed by atoms with E-state index >= 15 is 0 Å². The maximum Gasteiger partial charge on any atom is 0.303 e. The third-order valence-electron chi connectivity index (χ3n) is 5.17. The maximum absolute atomic E-state index is 12.5. The van der Waals surface area contributed by atoms with Gasteiger partial charge in [0, 0.05) is 25.7 Å². The lowest BCUT2D eigenvalue weighted by Gasteiger charge is -2.26. The van der Waals surface area contributed by atoms with Gasteiger partial charge >= 0.3 is 5.97 Å². The molecule has 1 fully saturated rings. The Morgan fingerprint density at radius 2 is 2.10 bits per heavy atom. The molecule has 1 aromatic carbocycles. The quantitative estimate of drug-likeness (QED) is 0.400. The topological polar surface area (TPSA) is 77.8 Å². The first-order valence-electron chi connectivity index (χ1n) is 10.3. The SMILES string of the molecule is Cc1ccccc1CC(O)C=C[C@H]1CCCCC(=O)N1CC#CCCCC(=O)O. The largest absolute Gasteiger partial charge is 0.481 e. The first kappa shape index (κ1) is 22.7. The van der Waals surface area contributed by atoms with Crippen molar-refractivity contribution < 1.29 is 19.8 Å². The van der Waals surface area contributed by atoms with Gasteiger partial charge in [0.2, 0.25) is 5.91 Å². The number of rotatable bonds is 8. The highest BCUT2D eigenvalue weighted by Gasteiger charge is 2.23. The highest BCUT2D eigenvalue weighted by Crippen LogP contribution is 2.19. The Balaban J connectivity index is 1.96. The fourth-order valence-corrected chi connectivity index (χ4v) is 3.47. The number of hydrogen-bond donors (Lipinski definition) is 2. The minimum Gasteiger partial charge on any atom is -0.481 e. The van der Waals surface area contributed by atoms with Crippen molar-refractivity contribution in [2.24, 2.45) is 0 Å². The molecule has 0 aliphatic carbocycles. The Bertz CT molecular complexity index is 775. The maximum atomic E-state index is 12.5. The van der Waals surface area contributed by atoms with Gasteiger partial charge in [-0.1, -0.05) is 48.8 Å². The number of carboxylic acids is 1. The number of amides is 1. The van der Waals surface area contributed by atoms with Gasteiger partial charge in [0.25, 0.3) is 0 Å². The van der Waals surface area contributed by atoms with Crippen LogP contribution in [-0.2, 0) is 16.0 Å². The molecule has 0 bridgehead atoms. The summed E-state index contributed by atoms with van der Waals surface area (Å²) in [4.78, 5) is 24.8. The van der Waals surface area contributed by atoms with E-state index in [1.54, 1.807) is 11.0 Å². The van der Waals surface area contributed by atoms with Crippen LogP contribution >= 0.6 is 0 Å². The highest BCUT2D eigenvalue weighted by atomic mass is 16.4. The van der Waals surface area contributed by atoms with E-state index in [0.717, 1.165) is 30.4 Å². The van der Waals surface area contributed by atoms with E-state index in [9.17, 15) is 14.7 Å². The summed E-state index contributed by atoms with van der Waals surface area (Å²) in [6.07, 6.45) is 8.06. The molecule has 0 radical (unpaired) electrons. The van der Waals surface area contributed by atoms with E-state index in [4.69, 9.17) is 5.11 Å². The van der Waals surface area contributed by atoms with Gasteiger partial charge in [0.15, 0.2) is 0 Å². The number of unbranched alkanes of at least 4 members (excludes halogenated alkanes) is 1. The zero-order valence-electron chi connectivity index (χ0n) is 17.1. The summed E-state index contributed by atoms with van der Waals surface area (Å²) in [6.45, 7) is 2.38. The van der Waals surface area contributed by atoms with Crippen LogP contribution in [-0.4, -0.2) is 45.7 Å². The molecule has 5 heteroatoms. The zero-order valence-corrected chi connectivity index (χ0v) is 17.1. The van der Waals surface area contributed by atoms with Crippen molar-refractivity contribution in [3.8, 4) is 11.8 Å². The van der Waals surface area contributed by atoms with Crippen molar-refractivity contribution in [3.63, 3.8) is 0 Å². The molecule has 1 unspecified atom stereocenters. The van der Waals surface area contributed by atoms with Crippen LogP contribution < -0.4 is 0 Å². The predicted molar refractivity (Wildman–Crippen MR) is 113 cm³/mol.